The summed E-state index contributed by atoms with van der Waals surface area (Å²) >= 11 is 0. The average Bonchev–Trinajstić information content (AvgIpc) is 2.60. The molecule has 27 heavy (non-hydrogen) atoms. The maximum Gasteiger partial charge on any atom is 0.326 e. The second-order valence-corrected chi connectivity index (χ2v) is 7.24. The fourth-order valence-corrected chi connectivity index (χ4v) is 2.88. The fourth-order valence-electron chi connectivity index (χ4n) is 2.88. The Hall–Kier alpha value is -2.29. The fraction of sp³-hybridized carbons (Fsp3) is 0.526. The van der Waals surface area contributed by atoms with Crippen LogP contribution in [0.2, 0.25) is 0 Å². The molecule has 0 heterocycles. The molecule has 0 saturated heterocycles. The summed E-state index contributed by atoms with van der Waals surface area (Å²) in [6.07, 6.45) is 0.257. The van der Waals surface area contributed by atoms with Crippen molar-refractivity contribution in [3.05, 3.63) is 35.9 Å². The number of amides is 1. The van der Waals surface area contributed by atoms with Gasteiger partial charge in [-0.2, -0.15) is 5.48 Å². The number of Topliss-reactive ketones (excluding diaryl/α,β-unsaturated/α-hetero) is 1. The van der Waals surface area contributed by atoms with Gasteiger partial charge in [0.1, 0.15) is 6.04 Å². The maximum absolute atomic E-state index is 12.7. The van der Waals surface area contributed by atoms with E-state index < -0.39 is 41.6 Å². The zero-order valence-electron chi connectivity index (χ0n) is 15.9. The number of rotatable bonds is 12. The first-order valence-corrected chi connectivity index (χ1v) is 8.66. The Balaban J connectivity index is 2.94. The van der Waals surface area contributed by atoms with Gasteiger partial charge in [0.2, 0.25) is 5.91 Å². The molecule has 150 valence electrons. The molecule has 8 heteroatoms. The van der Waals surface area contributed by atoms with E-state index in [1.54, 1.807) is 29.7 Å². The minimum Gasteiger partial charge on any atom is -0.480 e. The SMILES string of the molecule is COCC(C)(C)C[C@H](C(=O)CNO)C(=O)NC(Cc1ccccc1)C(=O)O. The van der Waals surface area contributed by atoms with Crippen LogP contribution in [0.15, 0.2) is 30.3 Å². The van der Waals surface area contributed by atoms with Crippen molar-refractivity contribution in [2.45, 2.75) is 32.7 Å². The molecule has 0 aliphatic carbocycles. The second-order valence-electron chi connectivity index (χ2n) is 7.24. The molecule has 0 aliphatic heterocycles. The van der Waals surface area contributed by atoms with E-state index >= 15 is 0 Å². The molecular weight excluding hydrogens is 352 g/mol. The Morgan fingerprint density at radius 2 is 1.81 bits per heavy atom. The summed E-state index contributed by atoms with van der Waals surface area (Å²) in [6.45, 7) is 3.60. The number of hydroxylamine groups is 1. The smallest absolute Gasteiger partial charge is 0.326 e. The minimum atomic E-state index is -1.19. The van der Waals surface area contributed by atoms with E-state index in [9.17, 15) is 19.5 Å². The summed E-state index contributed by atoms with van der Waals surface area (Å²) < 4.78 is 5.12. The van der Waals surface area contributed by atoms with Crippen molar-refractivity contribution in [3.63, 3.8) is 0 Å². The zero-order valence-corrected chi connectivity index (χ0v) is 15.9. The molecular formula is C19H28N2O6. The van der Waals surface area contributed by atoms with Crippen LogP contribution >= 0.6 is 0 Å². The van der Waals surface area contributed by atoms with Gasteiger partial charge in [-0.15, -0.1) is 0 Å². The normalized spacial score (nSPS) is 13.6. The molecule has 1 aromatic carbocycles. The highest BCUT2D eigenvalue weighted by atomic mass is 16.5. The Morgan fingerprint density at radius 3 is 2.33 bits per heavy atom. The van der Waals surface area contributed by atoms with E-state index in [0.29, 0.717) is 6.61 Å². The minimum absolute atomic E-state index is 0.0997. The lowest BCUT2D eigenvalue weighted by Crippen LogP contribution is -2.48. The Morgan fingerprint density at radius 1 is 1.19 bits per heavy atom. The molecule has 0 aliphatic rings. The second kappa shape index (κ2) is 10.8. The Labute approximate surface area is 158 Å². The number of ketones is 1. The number of benzene rings is 1. The first-order valence-electron chi connectivity index (χ1n) is 8.66. The third-order valence-electron chi connectivity index (χ3n) is 4.15. The van der Waals surface area contributed by atoms with Gasteiger partial charge in [-0.1, -0.05) is 44.2 Å². The van der Waals surface area contributed by atoms with E-state index in [0.717, 1.165) is 5.56 Å². The Bertz CT molecular complexity index is 632. The highest BCUT2D eigenvalue weighted by Gasteiger charge is 2.35. The monoisotopic (exact) mass is 380 g/mol. The third kappa shape index (κ3) is 7.86. The summed E-state index contributed by atoms with van der Waals surface area (Å²) in [7, 11) is 1.52. The number of carbonyl (C=O) groups is 3. The van der Waals surface area contributed by atoms with E-state index in [1.807, 2.05) is 19.9 Å². The van der Waals surface area contributed by atoms with Crippen LogP contribution in [-0.2, 0) is 25.5 Å². The number of hydrogen-bond acceptors (Lipinski definition) is 6. The third-order valence-corrected chi connectivity index (χ3v) is 4.15. The van der Waals surface area contributed by atoms with Gasteiger partial charge in [0.25, 0.3) is 0 Å². The first-order chi connectivity index (χ1) is 12.7. The highest BCUT2D eigenvalue weighted by molar-refractivity contribution is 6.03. The summed E-state index contributed by atoms with van der Waals surface area (Å²) in [4.78, 5) is 36.6. The van der Waals surface area contributed by atoms with E-state index in [2.05, 4.69) is 5.32 Å². The van der Waals surface area contributed by atoms with Gasteiger partial charge in [0.05, 0.1) is 19.1 Å². The molecule has 1 aromatic rings. The van der Waals surface area contributed by atoms with Gasteiger partial charge in [-0.3, -0.25) is 9.59 Å². The summed E-state index contributed by atoms with van der Waals surface area (Å²) in [5, 5.41) is 20.7. The molecule has 0 aromatic heterocycles. The molecule has 4 N–H and O–H groups in total. The molecule has 2 atom stereocenters. The van der Waals surface area contributed by atoms with Gasteiger partial charge >= 0.3 is 5.97 Å². The van der Waals surface area contributed by atoms with Crippen LogP contribution < -0.4 is 10.8 Å². The van der Waals surface area contributed by atoms with Crippen LogP contribution in [0, 0.1) is 11.3 Å². The van der Waals surface area contributed by atoms with Crippen molar-refractivity contribution < 1.29 is 29.4 Å². The van der Waals surface area contributed by atoms with Crippen molar-refractivity contribution in [3.8, 4) is 0 Å². The lowest BCUT2D eigenvalue weighted by atomic mass is 9.81. The number of nitrogens with one attached hydrogen (secondary N) is 2. The number of carboxylic acids is 1. The van der Waals surface area contributed by atoms with Crippen molar-refractivity contribution in [1.29, 1.82) is 0 Å². The van der Waals surface area contributed by atoms with Crippen LogP contribution in [0.4, 0.5) is 0 Å². The van der Waals surface area contributed by atoms with E-state index in [4.69, 9.17) is 9.94 Å². The maximum atomic E-state index is 12.7. The lowest BCUT2D eigenvalue weighted by Gasteiger charge is -2.28. The zero-order chi connectivity index (χ0) is 20.4. The van der Waals surface area contributed by atoms with Crippen molar-refractivity contribution >= 4 is 17.7 Å². The molecule has 0 bridgehead atoms. The van der Waals surface area contributed by atoms with Crippen LogP contribution in [0.5, 0.6) is 0 Å². The highest BCUT2D eigenvalue weighted by Crippen LogP contribution is 2.26. The molecule has 1 unspecified atom stereocenters. The van der Waals surface area contributed by atoms with Crippen LogP contribution in [0.1, 0.15) is 25.8 Å². The Kier molecular flexibility index (Phi) is 9.07. The van der Waals surface area contributed by atoms with Crippen molar-refractivity contribution in [2.75, 3.05) is 20.3 Å². The largest absolute Gasteiger partial charge is 0.480 e. The van der Waals surface area contributed by atoms with E-state index in [-0.39, 0.29) is 12.8 Å². The number of aliphatic carboxylic acids is 1. The molecule has 0 spiro atoms. The van der Waals surface area contributed by atoms with Gasteiger partial charge in [-0.05, 0) is 17.4 Å². The predicted octanol–water partition coefficient (Wildman–Crippen LogP) is 1.03. The van der Waals surface area contributed by atoms with Crippen molar-refractivity contribution in [2.24, 2.45) is 11.3 Å². The molecule has 1 amide bonds. The van der Waals surface area contributed by atoms with Gasteiger partial charge in [-0.25, -0.2) is 4.79 Å². The number of ether oxygens (including phenoxy) is 1. The molecule has 0 saturated carbocycles. The molecule has 8 nitrogen and oxygen atoms in total. The molecule has 0 fully saturated rings. The molecule has 1 rings (SSSR count). The summed E-state index contributed by atoms with van der Waals surface area (Å²) in [5.41, 5.74) is 2.03. The summed E-state index contributed by atoms with van der Waals surface area (Å²) in [5.74, 6) is -3.49. The molecule has 0 radical (unpaired) electrons. The van der Waals surface area contributed by atoms with Crippen molar-refractivity contribution in [1.82, 2.24) is 10.8 Å². The topological polar surface area (TPSA) is 125 Å². The van der Waals surface area contributed by atoms with E-state index in [1.165, 1.54) is 7.11 Å². The standard InChI is InChI=1S/C19H28N2O6/c1-19(2,12-27-3)10-14(16(22)11-20-26)17(23)21-15(18(24)25)9-13-7-5-4-6-8-13/h4-8,14-15,20,26H,9-12H2,1-3H3,(H,21,23)(H,24,25)/t14-,15?/m1/s1. The van der Waals surface area contributed by atoms with Gasteiger partial charge < -0.3 is 20.4 Å². The average molecular weight is 380 g/mol. The van der Waals surface area contributed by atoms with Gasteiger partial charge in [0, 0.05) is 13.5 Å². The summed E-state index contributed by atoms with van der Waals surface area (Å²) in [6, 6.07) is 7.74. The number of carbonyl (C=O) groups excluding carboxylic acids is 2. The van der Waals surface area contributed by atoms with Crippen LogP contribution in [0.3, 0.4) is 0 Å². The quantitative estimate of drug-likeness (QED) is 0.315. The first kappa shape index (κ1) is 22.8. The van der Waals surface area contributed by atoms with Gasteiger partial charge in [0.15, 0.2) is 5.78 Å². The number of hydrogen-bond donors (Lipinski definition) is 4. The number of carboxylic acid groups (broad SMARTS) is 1. The van der Waals surface area contributed by atoms with Crippen LogP contribution in [-0.4, -0.2) is 54.3 Å². The predicted molar refractivity (Wildman–Crippen MR) is 98.3 cm³/mol. The number of methoxy groups -OCH3 is 1. The lowest BCUT2D eigenvalue weighted by molar-refractivity contribution is -0.144. The van der Waals surface area contributed by atoms with Crippen LogP contribution in [0.25, 0.3) is 0 Å².